The summed E-state index contributed by atoms with van der Waals surface area (Å²) in [7, 11) is 0. The van der Waals surface area contributed by atoms with E-state index < -0.39 is 6.04 Å². The SMILES string of the molecule is O=C1CCC(N2Cc3c(CN4CCCCC45CCNC5)cccc3C2=O)C(=O)N1. The first-order valence-electron chi connectivity index (χ1n) is 10.8. The van der Waals surface area contributed by atoms with Crippen molar-refractivity contribution in [3.8, 4) is 0 Å². The van der Waals surface area contributed by atoms with Gasteiger partial charge in [0.2, 0.25) is 11.8 Å². The second-order valence-corrected chi connectivity index (χ2v) is 8.87. The van der Waals surface area contributed by atoms with Gasteiger partial charge in [0.25, 0.3) is 5.91 Å². The predicted octanol–water partition coefficient (Wildman–Crippen LogP) is 1.17. The third kappa shape index (κ3) is 3.16. The number of hydrogen-bond acceptors (Lipinski definition) is 5. The zero-order valence-corrected chi connectivity index (χ0v) is 16.7. The smallest absolute Gasteiger partial charge is 0.255 e. The van der Waals surface area contributed by atoms with Gasteiger partial charge in [-0.05, 0) is 56.0 Å². The summed E-state index contributed by atoms with van der Waals surface area (Å²) in [6, 6.07) is 5.41. The minimum absolute atomic E-state index is 0.0905. The molecule has 2 unspecified atom stereocenters. The summed E-state index contributed by atoms with van der Waals surface area (Å²) in [6.45, 7) is 4.52. The van der Waals surface area contributed by atoms with Gasteiger partial charge in [0.05, 0.1) is 0 Å². The van der Waals surface area contributed by atoms with E-state index in [1.165, 1.54) is 31.2 Å². The zero-order valence-electron chi connectivity index (χ0n) is 16.7. The van der Waals surface area contributed by atoms with Crippen LogP contribution in [0.15, 0.2) is 18.2 Å². The molecule has 3 fully saturated rings. The fraction of sp³-hybridized carbons (Fsp3) is 0.591. The Kier molecular flexibility index (Phi) is 4.67. The third-order valence-electron chi connectivity index (χ3n) is 7.25. The van der Waals surface area contributed by atoms with E-state index in [0.717, 1.165) is 31.7 Å². The number of amides is 3. The fourth-order valence-electron chi connectivity index (χ4n) is 5.62. The van der Waals surface area contributed by atoms with Crippen LogP contribution >= 0.6 is 0 Å². The Morgan fingerprint density at radius 3 is 2.83 bits per heavy atom. The molecule has 29 heavy (non-hydrogen) atoms. The van der Waals surface area contributed by atoms with Gasteiger partial charge in [-0.3, -0.25) is 24.6 Å². The second kappa shape index (κ2) is 7.22. The minimum Gasteiger partial charge on any atom is -0.322 e. The Morgan fingerprint density at radius 1 is 1.14 bits per heavy atom. The van der Waals surface area contributed by atoms with Gasteiger partial charge in [-0.25, -0.2) is 0 Å². The Balaban J connectivity index is 1.39. The van der Waals surface area contributed by atoms with Crippen molar-refractivity contribution >= 4 is 17.7 Å². The summed E-state index contributed by atoms with van der Waals surface area (Å²) in [4.78, 5) is 41.1. The predicted molar refractivity (Wildman–Crippen MR) is 107 cm³/mol. The average molecular weight is 396 g/mol. The molecular formula is C22H28N4O3. The summed E-state index contributed by atoms with van der Waals surface area (Å²) in [5.41, 5.74) is 3.20. The van der Waals surface area contributed by atoms with Crippen LogP contribution in [0.5, 0.6) is 0 Å². The maximum absolute atomic E-state index is 13.1. The molecule has 4 aliphatic rings. The standard InChI is InChI=1S/C22H28N4O3/c27-19-7-6-18(20(28)24-19)26-13-17-15(4-3-5-16(17)21(26)29)12-25-11-2-1-8-22(25)9-10-23-14-22/h3-5,18,23H,1-2,6-14H2,(H,24,27,28). The molecule has 7 nitrogen and oxygen atoms in total. The van der Waals surface area contributed by atoms with Crippen LogP contribution in [0.4, 0.5) is 0 Å². The van der Waals surface area contributed by atoms with Gasteiger partial charge < -0.3 is 10.2 Å². The molecule has 5 rings (SSSR count). The molecule has 0 radical (unpaired) electrons. The van der Waals surface area contributed by atoms with E-state index in [4.69, 9.17) is 0 Å². The molecule has 1 spiro atoms. The highest BCUT2D eigenvalue weighted by molar-refractivity contribution is 6.05. The van der Waals surface area contributed by atoms with Crippen LogP contribution in [0.25, 0.3) is 0 Å². The highest BCUT2D eigenvalue weighted by Gasteiger charge is 2.43. The number of nitrogens with zero attached hydrogens (tertiary/aromatic N) is 2. The van der Waals surface area contributed by atoms with Crippen molar-refractivity contribution < 1.29 is 14.4 Å². The largest absolute Gasteiger partial charge is 0.322 e. The van der Waals surface area contributed by atoms with Gasteiger partial charge in [0, 0.05) is 37.2 Å². The number of carbonyl (C=O) groups is 3. The molecule has 0 saturated carbocycles. The number of nitrogens with one attached hydrogen (secondary N) is 2. The highest BCUT2D eigenvalue weighted by atomic mass is 16.2. The van der Waals surface area contributed by atoms with Gasteiger partial charge in [-0.15, -0.1) is 0 Å². The number of hydrogen-bond donors (Lipinski definition) is 2. The molecule has 3 saturated heterocycles. The number of carbonyl (C=O) groups excluding carboxylic acids is 3. The molecule has 0 aromatic heterocycles. The lowest BCUT2D eigenvalue weighted by atomic mass is 9.85. The lowest BCUT2D eigenvalue weighted by molar-refractivity contribution is -0.136. The summed E-state index contributed by atoms with van der Waals surface area (Å²) in [5.74, 6) is -0.695. The lowest BCUT2D eigenvalue weighted by Gasteiger charge is -2.45. The number of benzene rings is 1. The molecule has 154 valence electrons. The topological polar surface area (TPSA) is 81.8 Å². The third-order valence-corrected chi connectivity index (χ3v) is 7.25. The van der Waals surface area contributed by atoms with Crippen LogP contribution in [0.3, 0.4) is 0 Å². The van der Waals surface area contributed by atoms with Crippen molar-refractivity contribution in [3.63, 3.8) is 0 Å². The van der Waals surface area contributed by atoms with E-state index in [1.54, 1.807) is 4.90 Å². The molecule has 4 heterocycles. The van der Waals surface area contributed by atoms with E-state index in [1.807, 2.05) is 12.1 Å². The van der Waals surface area contributed by atoms with Gasteiger partial charge in [0.15, 0.2) is 0 Å². The molecule has 1 aromatic carbocycles. The molecule has 0 bridgehead atoms. The van der Waals surface area contributed by atoms with Gasteiger partial charge in [-0.1, -0.05) is 18.6 Å². The van der Waals surface area contributed by atoms with Gasteiger partial charge in [0.1, 0.15) is 6.04 Å². The number of piperidine rings is 2. The first kappa shape index (κ1) is 18.8. The van der Waals surface area contributed by atoms with Crippen molar-refractivity contribution in [2.75, 3.05) is 19.6 Å². The number of likely N-dealkylation sites (tertiary alicyclic amines) is 1. The van der Waals surface area contributed by atoms with E-state index in [0.29, 0.717) is 18.5 Å². The normalized spacial score (nSPS) is 30.1. The Labute approximate surface area is 170 Å². The van der Waals surface area contributed by atoms with Gasteiger partial charge in [-0.2, -0.15) is 0 Å². The monoisotopic (exact) mass is 396 g/mol. The molecule has 3 amide bonds. The van der Waals surface area contributed by atoms with E-state index in [2.05, 4.69) is 21.6 Å². The maximum Gasteiger partial charge on any atom is 0.255 e. The lowest BCUT2D eigenvalue weighted by Crippen LogP contribution is -2.53. The minimum atomic E-state index is -0.555. The van der Waals surface area contributed by atoms with E-state index in [9.17, 15) is 14.4 Å². The summed E-state index contributed by atoms with van der Waals surface area (Å²) >= 11 is 0. The number of fused-ring (bicyclic) bond motifs is 1. The van der Waals surface area contributed by atoms with Crippen LogP contribution in [0, 0.1) is 0 Å². The quantitative estimate of drug-likeness (QED) is 0.750. The molecule has 2 atom stereocenters. The van der Waals surface area contributed by atoms with E-state index >= 15 is 0 Å². The highest BCUT2D eigenvalue weighted by Crippen LogP contribution is 2.36. The maximum atomic E-state index is 13.1. The molecule has 0 aliphatic carbocycles. The number of rotatable bonds is 3. The van der Waals surface area contributed by atoms with Crippen molar-refractivity contribution in [1.82, 2.24) is 20.4 Å². The molecule has 2 N–H and O–H groups in total. The van der Waals surface area contributed by atoms with Crippen molar-refractivity contribution in [3.05, 3.63) is 34.9 Å². The van der Waals surface area contributed by atoms with Crippen molar-refractivity contribution in [2.24, 2.45) is 0 Å². The summed E-state index contributed by atoms with van der Waals surface area (Å²) < 4.78 is 0. The Hall–Kier alpha value is -2.25. The zero-order chi connectivity index (χ0) is 20.0. The van der Waals surface area contributed by atoms with Crippen LogP contribution in [0.1, 0.15) is 60.0 Å². The van der Waals surface area contributed by atoms with Crippen molar-refractivity contribution in [2.45, 2.75) is 63.2 Å². The number of imide groups is 1. The van der Waals surface area contributed by atoms with Crippen molar-refractivity contribution in [1.29, 1.82) is 0 Å². The Bertz CT molecular complexity index is 862. The van der Waals surface area contributed by atoms with Crippen LogP contribution in [-0.2, 0) is 22.7 Å². The van der Waals surface area contributed by atoms with E-state index in [-0.39, 0.29) is 29.7 Å². The van der Waals surface area contributed by atoms with Gasteiger partial charge >= 0.3 is 0 Å². The molecule has 4 aliphatic heterocycles. The first-order chi connectivity index (χ1) is 14.1. The Morgan fingerprint density at radius 2 is 2.03 bits per heavy atom. The fourth-order valence-corrected chi connectivity index (χ4v) is 5.62. The second-order valence-electron chi connectivity index (χ2n) is 8.87. The van der Waals surface area contributed by atoms with Crippen LogP contribution in [-0.4, -0.2) is 58.7 Å². The summed E-state index contributed by atoms with van der Waals surface area (Å²) in [6.07, 6.45) is 5.61. The molecule has 7 heteroatoms. The molecular weight excluding hydrogens is 368 g/mol. The molecule has 1 aromatic rings. The van der Waals surface area contributed by atoms with Crippen LogP contribution in [0.2, 0.25) is 0 Å². The average Bonchev–Trinajstić information content (AvgIpc) is 3.30. The first-order valence-corrected chi connectivity index (χ1v) is 10.8. The summed E-state index contributed by atoms with van der Waals surface area (Å²) in [5, 5.41) is 5.92. The van der Waals surface area contributed by atoms with Crippen LogP contribution < -0.4 is 10.6 Å².